The molecule has 0 spiro atoms. The monoisotopic (exact) mass is 563 g/mol. The standard InChI is InChI=1S/C29H41N9O3/c1-2-22-26(31-17-24(28(39)37-41)36-29(40)34-21-8-4-3-5-9-21)32-18-33-27(22)38-15-12-19(13-16-38)23-11-10-20-7-6-14-30-25(20)35-23/h10-11,18-19,21,24H,2-9,12-17H2,1H3,(H,30,35)(H,31,32,33)(H2,34,36,40)/t24-/m0/s1. The number of carbonyl (C=O) groups is 2. The van der Waals surface area contributed by atoms with Crippen LogP contribution in [-0.4, -0.2) is 65.2 Å². The molecule has 3 aliphatic rings. The number of nitrogens with zero attached hydrogens (tertiary/aromatic N) is 5. The van der Waals surface area contributed by atoms with Crippen molar-refractivity contribution in [2.45, 2.75) is 89.1 Å². The first-order valence-corrected chi connectivity index (χ1v) is 15.1. The van der Waals surface area contributed by atoms with E-state index in [2.05, 4.69) is 53.4 Å². The van der Waals surface area contributed by atoms with Gasteiger partial charge >= 0.3 is 11.9 Å². The van der Waals surface area contributed by atoms with Crippen molar-refractivity contribution in [3.05, 3.63) is 40.2 Å². The summed E-state index contributed by atoms with van der Waals surface area (Å²) in [7, 11) is 0. The van der Waals surface area contributed by atoms with Crippen LogP contribution in [0.2, 0.25) is 0 Å². The highest BCUT2D eigenvalue weighted by molar-refractivity contribution is 5.88. The van der Waals surface area contributed by atoms with Crippen LogP contribution in [-0.2, 0) is 17.6 Å². The van der Waals surface area contributed by atoms with Crippen molar-refractivity contribution in [2.75, 3.05) is 41.7 Å². The van der Waals surface area contributed by atoms with E-state index >= 15 is 0 Å². The molecule has 1 aliphatic carbocycles. The number of piperidine rings is 1. The van der Waals surface area contributed by atoms with Gasteiger partial charge in [-0.2, -0.15) is 0 Å². The van der Waals surface area contributed by atoms with Crippen molar-refractivity contribution in [1.29, 1.82) is 0 Å². The Labute approximate surface area is 240 Å². The van der Waals surface area contributed by atoms with Gasteiger partial charge in [-0.05, 0) is 56.6 Å². The summed E-state index contributed by atoms with van der Waals surface area (Å²) in [5.41, 5.74) is 3.39. The molecule has 0 aromatic carbocycles. The maximum Gasteiger partial charge on any atom is 0.315 e. The van der Waals surface area contributed by atoms with E-state index in [1.165, 1.54) is 18.3 Å². The quantitative estimate of drug-likeness (QED) is 0.333. The fourth-order valence-electron chi connectivity index (χ4n) is 6.21. The van der Waals surface area contributed by atoms with E-state index in [1.807, 2.05) is 6.92 Å². The lowest BCUT2D eigenvalue weighted by Gasteiger charge is -2.34. The fourth-order valence-corrected chi connectivity index (χ4v) is 6.21. The third-order valence-electron chi connectivity index (χ3n) is 8.51. The summed E-state index contributed by atoms with van der Waals surface area (Å²) in [6.07, 6.45) is 11.5. The zero-order valence-corrected chi connectivity index (χ0v) is 23.8. The van der Waals surface area contributed by atoms with Gasteiger partial charge in [0.15, 0.2) is 0 Å². The van der Waals surface area contributed by atoms with Crippen molar-refractivity contribution in [1.82, 2.24) is 25.6 Å². The number of pyridine rings is 1. The SMILES string of the molecule is CCc1c(NC[C@H](NC(=O)NC2CCCCC2)C(=O)N=O)ncnc1N1CCC(c2ccc3c(n2)NCCC3)CC1. The highest BCUT2D eigenvalue weighted by Crippen LogP contribution is 2.33. The summed E-state index contributed by atoms with van der Waals surface area (Å²) in [6.45, 7) is 4.71. The molecule has 2 aromatic rings. The van der Waals surface area contributed by atoms with Gasteiger partial charge < -0.3 is 26.2 Å². The van der Waals surface area contributed by atoms with Crippen molar-refractivity contribution >= 4 is 29.4 Å². The highest BCUT2D eigenvalue weighted by Gasteiger charge is 2.27. The summed E-state index contributed by atoms with van der Waals surface area (Å²) < 4.78 is 0. The second-order valence-corrected chi connectivity index (χ2v) is 11.2. The largest absolute Gasteiger partial charge is 0.370 e. The van der Waals surface area contributed by atoms with Crippen LogP contribution in [0.25, 0.3) is 0 Å². The lowest BCUT2D eigenvalue weighted by molar-refractivity contribution is -0.119. The van der Waals surface area contributed by atoms with Crippen LogP contribution in [0.3, 0.4) is 0 Å². The molecular formula is C29H41N9O3. The first-order chi connectivity index (χ1) is 20.1. The molecule has 0 unspecified atom stereocenters. The Morgan fingerprint density at radius 2 is 1.90 bits per heavy atom. The van der Waals surface area contributed by atoms with Crippen molar-refractivity contribution in [3.8, 4) is 0 Å². The molecule has 1 atom stereocenters. The number of urea groups is 1. The number of fused-ring (bicyclic) bond motifs is 1. The van der Waals surface area contributed by atoms with Crippen LogP contribution in [0, 0.1) is 4.91 Å². The minimum Gasteiger partial charge on any atom is -0.370 e. The van der Waals surface area contributed by atoms with E-state index in [9.17, 15) is 14.5 Å². The molecule has 3 amide bonds. The summed E-state index contributed by atoms with van der Waals surface area (Å²) in [5.74, 6) is 1.96. The van der Waals surface area contributed by atoms with Crippen molar-refractivity contribution in [3.63, 3.8) is 0 Å². The third kappa shape index (κ3) is 7.09. The number of carbonyl (C=O) groups excluding carboxylic acids is 2. The van der Waals surface area contributed by atoms with Crippen LogP contribution in [0.15, 0.2) is 23.6 Å². The number of hydrogen-bond donors (Lipinski definition) is 4. The van der Waals surface area contributed by atoms with E-state index in [0.29, 0.717) is 18.2 Å². The highest BCUT2D eigenvalue weighted by atomic mass is 16.3. The number of aromatic nitrogens is 3. The zero-order chi connectivity index (χ0) is 28.6. The van der Waals surface area contributed by atoms with E-state index in [-0.39, 0.29) is 12.6 Å². The summed E-state index contributed by atoms with van der Waals surface area (Å²) in [4.78, 5) is 52.1. The molecule has 0 bridgehead atoms. The Bertz CT molecular complexity index is 1230. The van der Waals surface area contributed by atoms with Gasteiger partial charge in [-0.3, -0.25) is 4.79 Å². The average molecular weight is 564 g/mol. The minimum atomic E-state index is -1.10. The summed E-state index contributed by atoms with van der Waals surface area (Å²) in [5, 5.41) is 14.7. The second kappa shape index (κ2) is 13.7. The van der Waals surface area contributed by atoms with E-state index < -0.39 is 18.0 Å². The number of amides is 3. The molecule has 1 saturated carbocycles. The maximum absolute atomic E-state index is 12.6. The van der Waals surface area contributed by atoms with Gasteiger partial charge in [0.2, 0.25) is 0 Å². The lowest BCUT2D eigenvalue weighted by Crippen LogP contribution is -2.51. The van der Waals surface area contributed by atoms with Gasteiger partial charge in [-0.15, -0.1) is 4.91 Å². The Morgan fingerprint density at radius 1 is 1.10 bits per heavy atom. The van der Waals surface area contributed by atoms with Gasteiger partial charge in [-0.25, -0.2) is 19.7 Å². The molecule has 5 rings (SSSR count). The molecule has 2 aromatic heterocycles. The molecule has 2 aliphatic heterocycles. The van der Waals surface area contributed by atoms with Crippen molar-refractivity contribution in [2.24, 2.45) is 5.18 Å². The number of nitroso groups, excluding NO2 is 1. The maximum atomic E-state index is 12.6. The van der Waals surface area contributed by atoms with Crippen LogP contribution in [0.4, 0.5) is 22.2 Å². The molecule has 1 saturated heterocycles. The molecule has 2 fully saturated rings. The van der Waals surface area contributed by atoms with E-state index in [0.717, 1.165) is 93.9 Å². The zero-order valence-electron chi connectivity index (χ0n) is 23.8. The summed E-state index contributed by atoms with van der Waals surface area (Å²) >= 11 is 0. The first kappa shape index (κ1) is 28.7. The molecule has 12 nitrogen and oxygen atoms in total. The lowest BCUT2D eigenvalue weighted by atomic mass is 9.92. The third-order valence-corrected chi connectivity index (χ3v) is 8.51. The van der Waals surface area contributed by atoms with Crippen LogP contribution >= 0.6 is 0 Å². The molecule has 4 heterocycles. The van der Waals surface area contributed by atoms with E-state index in [1.54, 1.807) is 0 Å². The topological polar surface area (TPSA) is 154 Å². The van der Waals surface area contributed by atoms with Gasteiger partial charge in [0.05, 0.1) is 0 Å². The first-order valence-electron chi connectivity index (χ1n) is 15.1. The molecule has 12 heteroatoms. The number of hydrogen-bond acceptors (Lipinski definition) is 9. The van der Waals surface area contributed by atoms with Crippen LogP contribution in [0.5, 0.6) is 0 Å². The predicted octanol–water partition coefficient (Wildman–Crippen LogP) is 3.88. The number of aryl methyl sites for hydroxylation is 1. The van der Waals surface area contributed by atoms with Gasteiger partial charge in [0, 0.05) is 54.6 Å². The Morgan fingerprint density at radius 3 is 2.66 bits per heavy atom. The van der Waals surface area contributed by atoms with E-state index in [4.69, 9.17) is 4.98 Å². The average Bonchev–Trinajstić information content (AvgIpc) is 3.02. The normalized spacial score (nSPS) is 18.5. The number of rotatable bonds is 9. The number of nitrogens with one attached hydrogen (secondary N) is 4. The van der Waals surface area contributed by atoms with Crippen molar-refractivity contribution < 1.29 is 9.59 Å². The minimum absolute atomic E-state index is 0.00772. The molecular weight excluding hydrogens is 522 g/mol. The van der Waals surface area contributed by atoms with Crippen LogP contribution < -0.4 is 26.2 Å². The molecule has 4 N–H and O–H groups in total. The fraction of sp³-hybridized carbons (Fsp3) is 0.621. The Hall–Kier alpha value is -3.83. The van der Waals surface area contributed by atoms with Gasteiger partial charge in [-0.1, -0.05) is 32.3 Å². The Balaban J connectivity index is 1.20. The molecule has 0 radical (unpaired) electrons. The Kier molecular flexibility index (Phi) is 9.58. The van der Waals surface area contributed by atoms with Gasteiger partial charge in [0.25, 0.3) is 0 Å². The molecule has 41 heavy (non-hydrogen) atoms. The molecule has 220 valence electrons. The smallest absolute Gasteiger partial charge is 0.315 e. The van der Waals surface area contributed by atoms with Gasteiger partial charge in [0.1, 0.15) is 29.8 Å². The number of anilines is 3. The predicted molar refractivity (Wildman–Crippen MR) is 158 cm³/mol. The van der Waals surface area contributed by atoms with Crippen LogP contribution in [0.1, 0.15) is 81.0 Å². The summed E-state index contributed by atoms with van der Waals surface area (Å²) in [6, 6.07) is 2.92. The second-order valence-electron chi connectivity index (χ2n) is 11.2.